The highest BCUT2D eigenvalue weighted by Gasteiger charge is 2.47. The van der Waals surface area contributed by atoms with Gasteiger partial charge in [0.2, 0.25) is 17.6 Å². The fraction of sp³-hybridized carbons (Fsp3) is 0.703. The standard InChI is InChI=1S/C37H55N5O6/c1-23(2)28-16-19-42(31(28)34(46)39-29(21-24-14-15-24)32(44)33(38)45)35(47)30(26-11-5-3-6-12-26)40-36(48)41-37(17-7-4-8-18-37)22-25-10-9-13-27(43)20-25/h9-10,13,20,23-24,26,28-31,43H,3-8,11-12,14-19,21-22H2,1-2H3,(H2,38,45)(H,39,46)(H2,40,41,48)/t28?,29?,30-,31-/m0/s1. The van der Waals surface area contributed by atoms with Gasteiger partial charge in [-0.3, -0.25) is 19.2 Å². The Morgan fingerprint density at radius 3 is 2.25 bits per heavy atom. The van der Waals surface area contributed by atoms with E-state index in [1.54, 1.807) is 17.0 Å². The van der Waals surface area contributed by atoms with Crippen LogP contribution in [0.25, 0.3) is 0 Å². The molecule has 11 heteroatoms. The highest BCUT2D eigenvalue weighted by atomic mass is 16.3. The van der Waals surface area contributed by atoms with Crippen molar-refractivity contribution in [1.82, 2.24) is 20.9 Å². The molecule has 5 amide bonds. The Morgan fingerprint density at radius 2 is 1.62 bits per heavy atom. The predicted octanol–water partition coefficient (Wildman–Crippen LogP) is 4.10. The van der Waals surface area contributed by atoms with Crippen LogP contribution in [-0.4, -0.2) is 69.8 Å². The fourth-order valence-electron chi connectivity index (χ4n) is 8.52. The van der Waals surface area contributed by atoms with E-state index in [2.05, 4.69) is 16.0 Å². The first-order valence-corrected chi connectivity index (χ1v) is 18.3. The number of carbonyl (C=O) groups is 5. The quantitative estimate of drug-likeness (QED) is 0.199. The molecule has 0 radical (unpaired) electrons. The average Bonchev–Trinajstić information content (AvgIpc) is 3.76. The van der Waals surface area contributed by atoms with Gasteiger partial charge in [0.1, 0.15) is 17.8 Å². The van der Waals surface area contributed by atoms with Crippen LogP contribution in [0.3, 0.4) is 0 Å². The van der Waals surface area contributed by atoms with Crippen LogP contribution in [-0.2, 0) is 25.6 Å². The number of ketones is 1. The van der Waals surface area contributed by atoms with Gasteiger partial charge in [0.25, 0.3) is 5.91 Å². The number of hydrogen-bond donors (Lipinski definition) is 5. The molecule has 3 saturated carbocycles. The van der Waals surface area contributed by atoms with Gasteiger partial charge in [0.15, 0.2) is 0 Å². The van der Waals surface area contributed by atoms with Gasteiger partial charge in [-0.05, 0) is 86.3 Å². The van der Waals surface area contributed by atoms with Crippen LogP contribution in [0.2, 0.25) is 0 Å². The molecule has 11 nitrogen and oxygen atoms in total. The van der Waals surface area contributed by atoms with Gasteiger partial charge in [-0.15, -0.1) is 0 Å². The summed E-state index contributed by atoms with van der Waals surface area (Å²) in [6, 6.07) is 4.11. The van der Waals surface area contributed by atoms with E-state index in [0.717, 1.165) is 82.6 Å². The van der Waals surface area contributed by atoms with Crippen molar-refractivity contribution in [3.63, 3.8) is 0 Å². The second kappa shape index (κ2) is 15.7. The van der Waals surface area contributed by atoms with Gasteiger partial charge in [-0.2, -0.15) is 0 Å². The third-order valence-electron chi connectivity index (χ3n) is 11.3. The van der Waals surface area contributed by atoms with Crippen molar-refractivity contribution in [3.8, 4) is 5.75 Å². The van der Waals surface area contributed by atoms with Crippen LogP contribution >= 0.6 is 0 Å². The molecule has 264 valence electrons. The van der Waals surface area contributed by atoms with Gasteiger partial charge in [0, 0.05) is 12.1 Å². The third kappa shape index (κ3) is 8.88. The lowest BCUT2D eigenvalue weighted by Crippen LogP contribution is -2.62. The number of phenols is 1. The largest absolute Gasteiger partial charge is 0.508 e. The number of primary amides is 1. The molecule has 1 heterocycles. The molecule has 4 fully saturated rings. The molecule has 0 spiro atoms. The first-order valence-electron chi connectivity index (χ1n) is 18.3. The summed E-state index contributed by atoms with van der Waals surface area (Å²) < 4.78 is 0. The van der Waals surface area contributed by atoms with Gasteiger partial charge in [-0.25, -0.2) is 4.79 Å². The Morgan fingerprint density at radius 1 is 0.938 bits per heavy atom. The molecule has 0 bridgehead atoms. The zero-order valence-corrected chi connectivity index (χ0v) is 28.7. The van der Waals surface area contributed by atoms with E-state index in [9.17, 15) is 29.1 Å². The molecule has 3 aliphatic carbocycles. The Hall–Kier alpha value is -3.63. The summed E-state index contributed by atoms with van der Waals surface area (Å²) in [7, 11) is 0. The van der Waals surface area contributed by atoms with E-state index in [1.165, 1.54) is 0 Å². The van der Waals surface area contributed by atoms with Crippen molar-refractivity contribution in [1.29, 1.82) is 0 Å². The first-order chi connectivity index (χ1) is 23.0. The summed E-state index contributed by atoms with van der Waals surface area (Å²) in [5, 5.41) is 19.3. The van der Waals surface area contributed by atoms with Crippen LogP contribution in [0.4, 0.5) is 4.79 Å². The number of carbonyl (C=O) groups excluding carboxylic acids is 5. The topological polar surface area (TPSA) is 171 Å². The van der Waals surface area contributed by atoms with Gasteiger partial charge in [0.05, 0.1) is 6.04 Å². The molecule has 48 heavy (non-hydrogen) atoms. The summed E-state index contributed by atoms with van der Waals surface area (Å²) in [5.41, 5.74) is 5.79. The number of amides is 5. The maximum absolute atomic E-state index is 14.6. The van der Waals surface area contributed by atoms with E-state index in [0.29, 0.717) is 25.8 Å². The lowest BCUT2D eigenvalue weighted by Gasteiger charge is -2.40. The maximum atomic E-state index is 14.6. The Bertz CT molecular complexity index is 1330. The second-order valence-corrected chi connectivity index (χ2v) is 15.3. The number of nitrogens with two attached hydrogens (primary N) is 1. The van der Waals surface area contributed by atoms with Crippen molar-refractivity contribution >= 4 is 29.5 Å². The number of nitrogens with one attached hydrogen (secondary N) is 3. The Labute approximate surface area is 284 Å². The van der Waals surface area contributed by atoms with Crippen molar-refractivity contribution < 1.29 is 29.1 Å². The highest BCUT2D eigenvalue weighted by molar-refractivity contribution is 6.37. The molecule has 0 aromatic heterocycles. The minimum atomic E-state index is -1.08. The Kier molecular flexibility index (Phi) is 11.7. The maximum Gasteiger partial charge on any atom is 0.315 e. The molecular formula is C37H55N5O6. The number of rotatable bonds is 13. The minimum Gasteiger partial charge on any atom is -0.508 e. The fourth-order valence-corrected chi connectivity index (χ4v) is 8.52. The number of aromatic hydroxyl groups is 1. The Balaban J connectivity index is 1.36. The summed E-state index contributed by atoms with van der Waals surface area (Å²) in [4.78, 5) is 68.7. The minimum absolute atomic E-state index is 0.0637. The SMILES string of the molecule is CC(C)C1CCN(C(=O)[C@@H](NC(=O)NC2(Cc3cccc(O)c3)CCCCC2)C2CCCCC2)[C@@H]1C(=O)NC(CC1CC1)C(=O)C(N)=O. The third-order valence-corrected chi connectivity index (χ3v) is 11.3. The molecule has 1 aromatic carbocycles. The van der Waals surface area contributed by atoms with E-state index >= 15 is 0 Å². The van der Waals surface area contributed by atoms with Gasteiger partial charge in [-0.1, -0.05) is 77.3 Å². The zero-order valence-electron chi connectivity index (χ0n) is 28.7. The molecule has 5 rings (SSSR count). The van der Waals surface area contributed by atoms with E-state index in [1.807, 2.05) is 26.0 Å². The van der Waals surface area contributed by atoms with E-state index in [-0.39, 0.29) is 35.3 Å². The summed E-state index contributed by atoms with van der Waals surface area (Å²) in [5.74, 6) is -2.28. The molecule has 2 unspecified atom stereocenters. The number of hydrogen-bond acceptors (Lipinski definition) is 6. The van der Waals surface area contributed by atoms with E-state index in [4.69, 9.17) is 5.73 Å². The summed E-state index contributed by atoms with van der Waals surface area (Å²) in [6.07, 6.45) is 12.7. The number of Topliss-reactive ketones (excluding diaryl/α,β-unsaturated/α-hetero) is 1. The first kappa shape index (κ1) is 35.7. The molecule has 1 saturated heterocycles. The number of benzene rings is 1. The molecule has 4 atom stereocenters. The van der Waals surface area contributed by atoms with Crippen LogP contribution in [0.1, 0.15) is 109 Å². The predicted molar refractivity (Wildman–Crippen MR) is 182 cm³/mol. The zero-order chi connectivity index (χ0) is 34.4. The smallest absolute Gasteiger partial charge is 0.315 e. The summed E-state index contributed by atoms with van der Waals surface area (Å²) in [6.45, 7) is 4.41. The number of phenolic OH excluding ortho intramolecular Hbond substituents is 1. The van der Waals surface area contributed by atoms with E-state index < -0.39 is 47.3 Å². The van der Waals surface area contributed by atoms with Gasteiger partial charge >= 0.3 is 6.03 Å². The molecular weight excluding hydrogens is 610 g/mol. The normalized spacial score (nSPS) is 24.0. The average molecular weight is 666 g/mol. The number of urea groups is 1. The van der Waals surface area contributed by atoms with Crippen LogP contribution in [0, 0.1) is 23.7 Å². The van der Waals surface area contributed by atoms with Crippen molar-refractivity contribution in [3.05, 3.63) is 29.8 Å². The second-order valence-electron chi connectivity index (χ2n) is 15.3. The highest BCUT2D eigenvalue weighted by Crippen LogP contribution is 2.37. The lowest BCUT2D eigenvalue weighted by molar-refractivity contribution is -0.144. The van der Waals surface area contributed by atoms with Gasteiger partial charge < -0.3 is 31.7 Å². The van der Waals surface area contributed by atoms with Crippen LogP contribution in [0.5, 0.6) is 5.75 Å². The number of nitrogens with zero attached hydrogens (tertiary/aromatic N) is 1. The molecule has 4 aliphatic rings. The monoisotopic (exact) mass is 665 g/mol. The molecule has 1 aliphatic heterocycles. The molecule has 1 aromatic rings. The van der Waals surface area contributed by atoms with Crippen molar-refractivity contribution in [2.45, 2.75) is 134 Å². The van der Waals surface area contributed by atoms with Crippen LogP contribution < -0.4 is 21.7 Å². The van der Waals surface area contributed by atoms with Crippen LogP contribution in [0.15, 0.2) is 24.3 Å². The summed E-state index contributed by atoms with van der Waals surface area (Å²) >= 11 is 0. The molecule has 6 N–H and O–H groups in total. The van der Waals surface area contributed by atoms with Crippen molar-refractivity contribution in [2.24, 2.45) is 29.4 Å². The lowest BCUT2D eigenvalue weighted by atomic mass is 9.77. The number of likely N-dealkylation sites (tertiary alicyclic amines) is 1. The van der Waals surface area contributed by atoms with Crippen molar-refractivity contribution in [2.75, 3.05) is 6.54 Å².